The highest BCUT2D eigenvalue weighted by atomic mass is 19.4. The predicted molar refractivity (Wildman–Crippen MR) is 97.8 cm³/mol. The van der Waals surface area contributed by atoms with Crippen LogP contribution in [0.1, 0.15) is 16.1 Å². The highest BCUT2D eigenvalue weighted by Crippen LogP contribution is 2.33. The summed E-state index contributed by atoms with van der Waals surface area (Å²) in [4.78, 5) is 18.9. The molecule has 1 amide bonds. The summed E-state index contributed by atoms with van der Waals surface area (Å²) in [5.74, 6) is 0.0243. The van der Waals surface area contributed by atoms with Gasteiger partial charge in [-0.25, -0.2) is 9.67 Å². The maximum Gasteiger partial charge on any atom is 0.418 e. The Labute approximate surface area is 162 Å². The number of hydrogen-bond acceptors (Lipinski definition) is 4. The van der Waals surface area contributed by atoms with Crippen LogP contribution in [0.5, 0.6) is 0 Å². The second kappa shape index (κ2) is 6.16. The van der Waals surface area contributed by atoms with Crippen molar-refractivity contribution in [2.75, 3.05) is 11.4 Å². The maximum absolute atomic E-state index is 13.3. The van der Waals surface area contributed by atoms with E-state index in [0.717, 1.165) is 21.8 Å². The molecule has 0 bridgehead atoms. The van der Waals surface area contributed by atoms with Crippen LogP contribution in [0, 0.1) is 0 Å². The lowest BCUT2D eigenvalue weighted by atomic mass is 10.1. The number of fused-ring (bicyclic) bond motifs is 3. The number of para-hydroxylation sites is 3. The largest absolute Gasteiger partial charge is 0.418 e. The molecule has 2 aromatic carbocycles. The number of halogens is 3. The number of benzene rings is 2. The summed E-state index contributed by atoms with van der Waals surface area (Å²) in [6, 6.07) is 12.5. The monoisotopic (exact) mass is 398 g/mol. The molecule has 0 aliphatic carbocycles. The Kier molecular flexibility index (Phi) is 3.70. The van der Waals surface area contributed by atoms with Gasteiger partial charge in [0, 0.05) is 13.1 Å². The van der Waals surface area contributed by atoms with E-state index in [1.807, 2.05) is 28.8 Å². The summed E-state index contributed by atoms with van der Waals surface area (Å²) in [6.45, 7) is 0.977. The zero-order valence-corrected chi connectivity index (χ0v) is 14.8. The van der Waals surface area contributed by atoms with Gasteiger partial charge in [-0.3, -0.25) is 9.69 Å². The van der Waals surface area contributed by atoms with Gasteiger partial charge in [0.05, 0.1) is 28.5 Å². The number of hydrogen-bond donors (Lipinski definition) is 0. The van der Waals surface area contributed by atoms with Crippen molar-refractivity contribution in [3.8, 4) is 5.69 Å². The molecule has 0 saturated carbocycles. The van der Waals surface area contributed by atoms with Gasteiger partial charge in [0.15, 0.2) is 5.69 Å². The number of aromatic nitrogens is 5. The first-order chi connectivity index (χ1) is 13.9. The van der Waals surface area contributed by atoms with E-state index in [9.17, 15) is 18.0 Å². The van der Waals surface area contributed by atoms with Crippen LogP contribution in [0.2, 0.25) is 0 Å². The fourth-order valence-corrected chi connectivity index (χ4v) is 3.51. The second-order valence-electron chi connectivity index (χ2n) is 6.57. The molecule has 0 radical (unpaired) electrons. The average Bonchev–Trinajstić information content (AvgIpc) is 3.42. The lowest BCUT2D eigenvalue weighted by Gasteiger charge is -2.12. The van der Waals surface area contributed by atoms with Crippen LogP contribution in [0.25, 0.3) is 16.7 Å². The first kappa shape index (κ1) is 17.4. The summed E-state index contributed by atoms with van der Waals surface area (Å²) in [7, 11) is 0. The third kappa shape index (κ3) is 2.75. The Morgan fingerprint density at radius 1 is 1.00 bits per heavy atom. The molecule has 0 atom stereocenters. The van der Waals surface area contributed by atoms with E-state index in [-0.39, 0.29) is 11.4 Å². The first-order valence-corrected chi connectivity index (χ1v) is 8.79. The summed E-state index contributed by atoms with van der Waals surface area (Å²) in [5, 5.41) is 7.55. The molecular weight excluding hydrogens is 385 g/mol. The van der Waals surface area contributed by atoms with E-state index < -0.39 is 17.6 Å². The van der Waals surface area contributed by atoms with Crippen LogP contribution in [-0.4, -0.2) is 37.0 Å². The molecule has 10 heteroatoms. The maximum atomic E-state index is 13.3. The standard InChI is InChI=1S/C19H13F3N6O/c20-19(21,22)12-5-1-3-7-15(12)28-11-14(24-25-28)17(29)27-10-9-26-16-8-4-2-6-13(16)23-18(26)27/h1-8,11H,9-10H2. The van der Waals surface area contributed by atoms with Crippen molar-refractivity contribution < 1.29 is 18.0 Å². The van der Waals surface area contributed by atoms with Gasteiger partial charge in [0.1, 0.15) is 0 Å². The molecule has 3 heterocycles. The molecule has 0 fully saturated rings. The van der Waals surface area contributed by atoms with Gasteiger partial charge < -0.3 is 4.57 Å². The number of rotatable bonds is 2. The van der Waals surface area contributed by atoms with Gasteiger partial charge in [-0.05, 0) is 24.3 Å². The van der Waals surface area contributed by atoms with Crippen LogP contribution in [-0.2, 0) is 12.7 Å². The Morgan fingerprint density at radius 2 is 1.76 bits per heavy atom. The van der Waals surface area contributed by atoms with Gasteiger partial charge in [-0.15, -0.1) is 5.10 Å². The summed E-state index contributed by atoms with van der Waals surface area (Å²) in [5.41, 5.74) is 0.581. The molecule has 0 unspecified atom stereocenters. The zero-order valence-electron chi connectivity index (χ0n) is 14.8. The van der Waals surface area contributed by atoms with Gasteiger partial charge in [0.25, 0.3) is 5.91 Å². The number of nitrogens with zero attached hydrogens (tertiary/aromatic N) is 6. The molecule has 1 aliphatic rings. The topological polar surface area (TPSA) is 68.8 Å². The predicted octanol–water partition coefficient (Wildman–Crippen LogP) is 3.30. The lowest BCUT2D eigenvalue weighted by molar-refractivity contribution is -0.137. The Morgan fingerprint density at radius 3 is 2.59 bits per heavy atom. The minimum Gasteiger partial charge on any atom is -0.308 e. The number of anilines is 1. The SMILES string of the molecule is O=C(c1cn(-c2ccccc2C(F)(F)F)nn1)N1CCn2c1nc1ccccc12. The molecule has 0 saturated heterocycles. The fraction of sp³-hybridized carbons (Fsp3) is 0.158. The van der Waals surface area contributed by atoms with Crippen molar-refractivity contribution in [3.63, 3.8) is 0 Å². The van der Waals surface area contributed by atoms with E-state index in [4.69, 9.17) is 0 Å². The van der Waals surface area contributed by atoms with E-state index in [1.54, 1.807) is 0 Å². The number of carbonyl (C=O) groups is 1. The van der Waals surface area contributed by atoms with Crippen molar-refractivity contribution in [1.82, 2.24) is 24.5 Å². The highest BCUT2D eigenvalue weighted by molar-refractivity contribution is 6.05. The van der Waals surface area contributed by atoms with Crippen molar-refractivity contribution in [1.29, 1.82) is 0 Å². The Balaban J connectivity index is 1.50. The van der Waals surface area contributed by atoms with Crippen LogP contribution >= 0.6 is 0 Å². The van der Waals surface area contributed by atoms with Gasteiger partial charge in [0.2, 0.25) is 5.95 Å². The van der Waals surface area contributed by atoms with Gasteiger partial charge in [-0.1, -0.05) is 29.5 Å². The molecule has 146 valence electrons. The quantitative estimate of drug-likeness (QED) is 0.520. The van der Waals surface area contributed by atoms with E-state index in [0.29, 0.717) is 19.0 Å². The van der Waals surface area contributed by atoms with E-state index in [1.165, 1.54) is 29.3 Å². The van der Waals surface area contributed by atoms with Crippen LogP contribution in [0.3, 0.4) is 0 Å². The van der Waals surface area contributed by atoms with Crippen molar-refractivity contribution >= 4 is 22.9 Å². The normalized spacial score (nSPS) is 13.8. The molecule has 2 aromatic heterocycles. The van der Waals surface area contributed by atoms with Crippen LogP contribution in [0.4, 0.5) is 19.1 Å². The fourth-order valence-electron chi connectivity index (χ4n) is 3.51. The number of imidazole rings is 1. The van der Waals surface area contributed by atoms with Crippen LogP contribution in [0.15, 0.2) is 54.7 Å². The molecule has 5 rings (SSSR count). The van der Waals surface area contributed by atoms with Crippen molar-refractivity contribution in [2.45, 2.75) is 12.7 Å². The summed E-state index contributed by atoms with van der Waals surface area (Å²) < 4.78 is 42.7. The summed E-state index contributed by atoms with van der Waals surface area (Å²) in [6.07, 6.45) is -3.34. The third-order valence-electron chi connectivity index (χ3n) is 4.84. The molecule has 0 N–H and O–H groups in total. The van der Waals surface area contributed by atoms with Crippen molar-refractivity contribution in [2.24, 2.45) is 0 Å². The van der Waals surface area contributed by atoms with Gasteiger partial charge in [-0.2, -0.15) is 13.2 Å². The van der Waals surface area contributed by atoms with Gasteiger partial charge >= 0.3 is 6.18 Å². The minimum absolute atomic E-state index is 0.0533. The zero-order chi connectivity index (χ0) is 20.2. The second-order valence-corrected chi connectivity index (χ2v) is 6.57. The smallest absolute Gasteiger partial charge is 0.308 e. The minimum atomic E-state index is -4.55. The lowest BCUT2D eigenvalue weighted by Crippen LogP contribution is -2.29. The van der Waals surface area contributed by atoms with Crippen molar-refractivity contribution in [3.05, 3.63) is 66.0 Å². The molecule has 7 nitrogen and oxygen atoms in total. The molecule has 4 aromatic rings. The number of carbonyl (C=O) groups excluding carboxylic acids is 1. The Hall–Kier alpha value is -3.69. The number of alkyl halides is 3. The molecular formula is C19H13F3N6O. The average molecular weight is 398 g/mol. The van der Waals surface area contributed by atoms with E-state index in [2.05, 4.69) is 15.3 Å². The molecule has 0 spiro atoms. The summed E-state index contributed by atoms with van der Waals surface area (Å²) >= 11 is 0. The van der Waals surface area contributed by atoms with E-state index >= 15 is 0 Å². The Bertz CT molecular complexity index is 1240. The molecule has 1 aliphatic heterocycles. The first-order valence-electron chi connectivity index (χ1n) is 8.79. The third-order valence-corrected chi connectivity index (χ3v) is 4.84. The highest BCUT2D eigenvalue weighted by Gasteiger charge is 2.35. The molecule has 29 heavy (non-hydrogen) atoms. The van der Waals surface area contributed by atoms with Crippen LogP contribution < -0.4 is 4.90 Å². The number of amides is 1.